The number of halogens is 1. The molecule has 0 aliphatic carbocycles. The van der Waals surface area contributed by atoms with Crippen LogP contribution in [0.4, 0.5) is 21.5 Å². The normalized spacial score (nSPS) is 10.2. The number of hydrogen-bond donors (Lipinski definition) is 1. The first-order chi connectivity index (χ1) is 9.54. The first-order valence-corrected chi connectivity index (χ1v) is 6.00. The molecule has 5 heteroatoms. The largest absolute Gasteiger partial charge is 0.465 e. The highest BCUT2D eigenvalue weighted by atomic mass is 19.1. The lowest BCUT2D eigenvalue weighted by Gasteiger charge is -2.21. The molecule has 104 valence electrons. The molecule has 4 nitrogen and oxygen atoms in total. The van der Waals surface area contributed by atoms with Crippen molar-refractivity contribution in [2.75, 3.05) is 24.8 Å². The Bertz CT molecular complexity index is 644. The van der Waals surface area contributed by atoms with E-state index < -0.39 is 5.97 Å². The van der Waals surface area contributed by atoms with Crippen molar-refractivity contribution in [2.45, 2.75) is 0 Å². The predicted molar refractivity (Wildman–Crippen MR) is 76.7 cm³/mol. The van der Waals surface area contributed by atoms with Gasteiger partial charge in [-0.2, -0.15) is 0 Å². The van der Waals surface area contributed by atoms with Crippen LogP contribution in [-0.2, 0) is 4.74 Å². The maximum Gasteiger partial charge on any atom is 0.340 e. The molecule has 0 spiro atoms. The van der Waals surface area contributed by atoms with E-state index >= 15 is 0 Å². The molecule has 0 unspecified atom stereocenters. The van der Waals surface area contributed by atoms with Crippen LogP contribution in [0.2, 0.25) is 0 Å². The van der Waals surface area contributed by atoms with Gasteiger partial charge in [0.15, 0.2) is 0 Å². The standard InChI is InChI=1S/C15H15FN2O2/c1-18(14-6-4-3-5-12(14)16)10-7-8-13(17)11(9-10)15(19)20-2/h3-9H,17H2,1-2H3. The summed E-state index contributed by atoms with van der Waals surface area (Å²) in [5, 5.41) is 0. The predicted octanol–water partition coefficient (Wildman–Crippen LogP) is 2.96. The number of carbonyl (C=O) groups excluding carboxylic acids is 1. The molecule has 0 radical (unpaired) electrons. The third kappa shape index (κ3) is 2.56. The van der Waals surface area contributed by atoms with E-state index in [-0.39, 0.29) is 11.4 Å². The quantitative estimate of drug-likeness (QED) is 0.690. The molecule has 2 aromatic carbocycles. The molecule has 0 amide bonds. The Morgan fingerprint density at radius 2 is 1.95 bits per heavy atom. The average Bonchev–Trinajstić information content (AvgIpc) is 2.47. The summed E-state index contributed by atoms with van der Waals surface area (Å²) in [6, 6.07) is 11.3. The summed E-state index contributed by atoms with van der Waals surface area (Å²) in [6.45, 7) is 0. The molecular weight excluding hydrogens is 259 g/mol. The van der Waals surface area contributed by atoms with E-state index in [1.807, 2.05) is 0 Å². The van der Waals surface area contributed by atoms with Crippen LogP contribution in [0.15, 0.2) is 42.5 Å². The van der Waals surface area contributed by atoms with E-state index in [1.165, 1.54) is 13.2 Å². The van der Waals surface area contributed by atoms with Gasteiger partial charge in [-0.25, -0.2) is 9.18 Å². The number of ether oxygens (including phenoxy) is 1. The summed E-state index contributed by atoms with van der Waals surface area (Å²) in [5.41, 5.74) is 7.37. The fraction of sp³-hybridized carbons (Fsp3) is 0.133. The molecule has 0 saturated heterocycles. The maximum atomic E-state index is 13.8. The Morgan fingerprint density at radius 1 is 1.25 bits per heavy atom. The summed E-state index contributed by atoms with van der Waals surface area (Å²) in [5.74, 6) is -0.863. The summed E-state index contributed by atoms with van der Waals surface area (Å²) in [7, 11) is 3.00. The average molecular weight is 274 g/mol. The van der Waals surface area contributed by atoms with Crippen molar-refractivity contribution in [1.29, 1.82) is 0 Å². The fourth-order valence-electron chi connectivity index (χ4n) is 1.90. The molecule has 0 fully saturated rings. The molecule has 0 aromatic heterocycles. The van der Waals surface area contributed by atoms with Crippen LogP contribution in [0.1, 0.15) is 10.4 Å². The number of esters is 1. The summed E-state index contributed by atoms with van der Waals surface area (Å²) in [4.78, 5) is 13.3. The molecule has 0 saturated carbocycles. The van der Waals surface area contributed by atoms with Crippen molar-refractivity contribution < 1.29 is 13.9 Å². The molecule has 0 heterocycles. The number of anilines is 3. The molecule has 20 heavy (non-hydrogen) atoms. The minimum atomic E-state index is -0.522. The Balaban J connectivity index is 2.43. The third-order valence-corrected chi connectivity index (χ3v) is 3.04. The Labute approximate surface area is 116 Å². The second-order valence-corrected chi connectivity index (χ2v) is 4.27. The highest BCUT2D eigenvalue weighted by Crippen LogP contribution is 2.28. The second kappa shape index (κ2) is 5.61. The Kier molecular flexibility index (Phi) is 3.89. The van der Waals surface area contributed by atoms with Crippen molar-refractivity contribution in [3.05, 3.63) is 53.8 Å². The minimum Gasteiger partial charge on any atom is -0.465 e. The number of para-hydroxylation sites is 1. The van der Waals surface area contributed by atoms with Crippen LogP contribution in [0.25, 0.3) is 0 Å². The van der Waals surface area contributed by atoms with Crippen molar-refractivity contribution in [3.8, 4) is 0 Å². The molecule has 0 aliphatic rings. The van der Waals surface area contributed by atoms with Gasteiger partial charge >= 0.3 is 5.97 Å². The highest BCUT2D eigenvalue weighted by molar-refractivity contribution is 5.96. The fourth-order valence-corrected chi connectivity index (χ4v) is 1.90. The summed E-state index contributed by atoms with van der Waals surface area (Å²) in [6.07, 6.45) is 0. The van der Waals surface area contributed by atoms with E-state index in [0.717, 1.165) is 0 Å². The van der Waals surface area contributed by atoms with Gasteiger partial charge in [0.2, 0.25) is 0 Å². The van der Waals surface area contributed by atoms with Gasteiger partial charge in [0.05, 0.1) is 18.4 Å². The number of hydrogen-bond acceptors (Lipinski definition) is 4. The Morgan fingerprint density at radius 3 is 2.60 bits per heavy atom. The molecule has 2 aromatic rings. The number of rotatable bonds is 3. The first kappa shape index (κ1) is 13.9. The zero-order valence-electron chi connectivity index (χ0n) is 11.3. The van der Waals surface area contributed by atoms with Gasteiger partial charge < -0.3 is 15.4 Å². The number of nitrogens with zero attached hydrogens (tertiary/aromatic N) is 1. The van der Waals surface area contributed by atoms with Gasteiger partial charge in [0.1, 0.15) is 5.82 Å². The van der Waals surface area contributed by atoms with Gasteiger partial charge in [0.25, 0.3) is 0 Å². The molecule has 0 bridgehead atoms. The van der Waals surface area contributed by atoms with Crippen molar-refractivity contribution in [2.24, 2.45) is 0 Å². The molecule has 0 atom stereocenters. The molecule has 2 N–H and O–H groups in total. The smallest absolute Gasteiger partial charge is 0.340 e. The van der Waals surface area contributed by atoms with Crippen LogP contribution in [0.3, 0.4) is 0 Å². The first-order valence-electron chi connectivity index (χ1n) is 6.00. The van der Waals surface area contributed by atoms with E-state index in [0.29, 0.717) is 17.1 Å². The lowest BCUT2D eigenvalue weighted by molar-refractivity contribution is 0.0602. The second-order valence-electron chi connectivity index (χ2n) is 4.27. The number of nitrogens with two attached hydrogens (primary N) is 1. The van der Waals surface area contributed by atoms with Gasteiger partial charge in [-0.05, 0) is 30.3 Å². The van der Waals surface area contributed by atoms with Crippen LogP contribution in [0, 0.1) is 5.82 Å². The molecular formula is C15H15FN2O2. The number of nitrogen functional groups attached to an aromatic ring is 1. The van der Waals surface area contributed by atoms with Crippen molar-refractivity contribution in [3.63, 3.8) is 0 Å². The lowest BCUT2D eigenvalue weighted by atomic mass is 10.1. The highest BCUT2D eigenvalue weighted by Gasteiger charge is 2.14. The van der Waals surface area contributed by atoms with Gasteiger partial charge in [0, 0.05) is 18.4 Å². The molecule has 2 rings (SSSR count). The van der Waals surface area contributed by atoms with E-state index in [9.17, 15) is 9.18 Å². The SMILES string of the molecule is COC(=O)c1cc(N(C)c2ccccc2F)ccc1N. The van der Waals surface area contributed by atoms with E-state index in [2.05, 4.69) is 4.74 Å². The van der Waals surface area contributed by atoms with Crippen LogP contribution in [-0.4, -0.2) is 20.1 Å². The van der Waals surface area contributed by atoms with Crippen molar-refractivity contribution in [1.82, 2.24) is 0 Å². The van der Waals surface area contributed by atoms with Crippen LogP contribution < -0.4 is 10.6 Å². The zero-order chi connectivity index (χ0) is 14.7. The Hall–Kier alpha value is -2.56. The minimum absolute atomic E-state index is 0.258. The lowest BCUT2D eigenvalue weighted by Crippen LogP contribution is -2.13. The van der Waals surface area contributed by atoms with Gasteiger partial charge in [-0.3, -0.25) is 0 Å². The number of benzene rings is 2. The summed E-state index contributed by atoms with van der Waals surface area (Å²) < 4.78 is 18.4. The number of carbonyl (C=O) groups is 1. The van der Waals surface area contributed by atoms with E-state index in [1.54, 1.807) is 48.3 Å². The monoisotopic (exact) mass is 274 g/mol. The molecule has 0 aliphatic heterocycles. The zero-order valence-corrected chi connectivity index (χ0v) is 11.3. The maximum absolute atomic E-state index is 13.8. The van der Waals surface area contributed by atoms with E-state index in [4.69, 9.17) is 5.73 Å². The van der Waals surface area contributed by atoms with Crippen LogP contribution in [0.5, 0.6) is 0 Å². The topological polar surface area (TPSA) is 55.6 Å². The van der Waals surface area contributed by atoms with Gasteiger partial charge in [-0.1, -0.05) is 12.1 Å². The number of methoxy groups -OCH3 is 1. The third-order valence-electron chi connectivity index (χ3n) is 3.04. The van der Waals surface area contributed by atoms with Crippen LogP contribution >= 0.6 is 0 Å². The van der Waals surface area contributed by atoms with Crippen molar-refractivity contribution >= 4 is 23.0 Å². The van der Waals surface area contributed by atoms with Gasteiger partial charge in [-0.15, -0.1) is 0 Å². The summed E-state index contributed by atoms with van der Waals surface area (Å²) >= 11 is 0.